The fourth-order valence-electron chi connectivity index (χ4n) is 2.79. The molecule has 33 heavy (non-hydrogen) atoms. The summed E-state index contributed by atoms with van der Waals surface area (Å²) in [4.78, 5) is 4.28. The van der Waals surface area contributed by atoms with Crippen molar-refractivity contribution in [3.05, 3.63) is 31.1 Å². The number of ether oxygens (including phenoxy) is 1. The Labute approximate surface area is 189 Å². The van der Waals surface area contributed by atoms with Gasteiger partial charge in [0.1, 0.15) is 31.7 Å². The van der Waals surface area contributed by atoms with Crippen LogP contribution in [0.3, 0.4) is 0 Å². The molecule has 1 aliphatic rings. The first-order chi connectivity index (χ1) is 15.2. The van der Waals surface area contributed by atoms with Crippen molar-refractivity contribution >= 4 is 20.8 Å². The molecule has 1 aliphatic heterocycles. The van der Waals surface area contributed by atoms with E-state index in [-0.39, 0.29) is 6.23 Å². The molecule has 0 spiro atoms. The number of aryl methyl sites for hydroxylation is 1. The van der Waals surface area contributed by atoms with E-state index in [2.05, 4.69) is 59.8 Å². The van der Waals surface area contributed by atoms with Gasteiger partial charge in [-0.1, -0.05) is 26.7 Å². The van der Waals surface area contributed by atoms with Crippen molar-refractivity contribution < 1.29 is 48.3 Å². The first kappa shape index (κ1) is 31.1. The number of aromatic nitrogens is 2. The largest absolute Gasteiger partial charge is 0.673 e. The number of hydrogen-bond donors (Lipinski definition) is 0. The minimum atomic E-state index is -6.00. The summed E-state index contributed by atoms with van der Waals surface area (Å²) in [5, 5.41) is 0. The van der Waals surface area contributed by atoms with E-state index in [1.54, 1.807) is 0 Å². The van der Waals surface area contributed by atoms with Crippen LogP contribution in [0.1, 0.15) is 52.7 Å². The molecule has 5 nitrogen and oxygen atoms in total. The summed E-state index contributed by atoms with van der Waals surface area (Å²) in [6.07, 6.45) is 17.4. The second-order valence-electron chi connectivity index (χ2n) is 7.38. The summed E-state index contributed by atoms with van der Waals surface area (Å²) in [6, 6.07) is 0. The molecule has 0 fully saturated rings. The molecule has 2 atom stereocenters. The number of unbranched alkanes of at least 4 members (excludes halogenated alkanes) is 2. The van der Waals surface area contributed by atoms with Crippen molar-refractivity contribution in [1.82, 2.24) is 4.57 Å². The zero-order valence-corrected chi connectivity index (χ0v) is 19.1. The predicted octanol–water partition coefficient (Wildman–Crippen LogP) is 5.84. The molecular weight excluding hydrogens is 462 g/mol. The molecular formula is C18H32B2F8N4O. The van der Waals surface area contributed by atoms with Crippen LogP contribution < -0.4 is 4.57 Å². The summed E-state index contributed by atoms with van der Waals surface area (Å²) in [5.41, 5.74) is 0. The smallest absolute Gasteiger partial charge is 0.418 e. The lowest BCUT2D eigenvalue weighted by atomic mass is 10.3. The summed E-state index contributed by atoms with van der Waals surface area (Å²) in [6.45, 7) is 10.4. The van der Waals surface area contributed by atoms with Crippen LogP contribution in [0.2, 0.25) is 0 Å². The van der Waals surface area contributed by atoms with Crippen LogP contribution in [-0.4, -0.2) is 49.6 Å². The van der Waals surface area contributed by atoms with E-state index in [0.717, 1.165) is 30.7 Å². The van der Waals surface area contributed by atoms with Crippen molar-refractivity contribution in [2.24, 2.45) is 4.99 Å². The van der Waals surface area contributed by atoms with Gasteiger partial charge < -0.3 is 39.3 Å². The lowest BCUT2D eigenvalue weighted by Crippen LogP contribution is -2.43. The highest BCUT2D eigenvalue weighted by atomic mass is 19.5. The van der Waals surface area contributed by atoms with Gasteiger partial charge in [-0.2, -0.15) is 0 Å². The molecule has 0 N–H and O–H groups in total. The zero-order chi connectivity index (χ0) is 25.5. The van der Waals surface area contributed by atoms with Gasteiger partial charge in [0.2, 0.25) is 6.33 Å². The molecule has 2 heterocycles. The molecule has 0 aromatic carbocycles. The molecule has 1 aromatic rings. The quantitative estimate of drug-likeness (QED) is 0.165. The van der Waals surface area contributed by atoms with Gasteiger partial charge in [0.05, 0.1) is 19.3 Å². The highest BCUT2D eigenvalue weighted by molar-refractivity contribution is 6.50. The van der Waals surface area contributed by atoms with E-state index >= 15 is 0 Å². The van der Waals surface area contributed by atoms with Crippen LogP contribution in [0, 0.1) is 0 Å². The van der Waals surface area contributed by atoms with Gasteiger partial charge in [0.15, 0.2) is 12.6 Å². The lowest BCUT2D eigenvalue weighted by Gasteiger charge is -2.27. The van der Waals surface area contributed by atoms with Gasteiger partial charge >= 0.3 is 14.5 Å². The van der Waals surface area contributed by atoms with Crippen molar-refractivity contribution in [3.63, 3.8) is 0 Å². The molecule has 1 aromatic heterocycles. The van der Waals surface area contributed by atoms with E-state index in [4.69, 9.17) is 4.74 Å². The Kier molecular flexibility index (Phi) is 14.2. The number of aliphatic imine (C=N–C) groups is 1. The van der Waals surface area contributed by atoms with Crippen molar-refractivity contribution in [1.29, 1.82) is 0 Å². The molecule has 15 heteroatoms. The maximum atomic E-state index is 9.75. The molecule has 192 valence electrons. The second-order valence-corrected chi connectivity index (χ2v) is 7.38. The van der Waals surface area contributed by atoms with Crippen molar-refractivity contribution in [2.75, 3.05) is 19.7 Å². The summed E-state index contributed by atoms with van der Waals surface area (Å²) in [5.74, 6) is 0. The predicted molar refractivity (Wildman–Crippen MR) is 113 cm³/mol. The molecule has 0 bridgehead atoms. The zero-order valence-electron chi connectivity index (χ0n) is 19.1. The van der Waals surface area contributed by atoms with Gasteiger partial charge in [-0.15, -0.1) is 0 Å². The van der Waals surface area contributed by atoms with Crippen LogP contribution in [0.15, 0.2) is 36.1 Å². The van der Waals surface area contributed by atoms with Crippen LogP contribution in [0.5, 0.6) is 0 Å². The molecule has 2 unspecified atom stereocenters. The molecule has 0 saturated carbocycles. The number of halogens is 8. The Morgan fingerprint density at radius 3 is 2.03 bits per heavy atom. The SMILES string of the molecule is CCCC[n+]1ccn(C(C)OCC[N+]2(CCCC)C=CN=C2)c1.F[B-](F)(F)F.F[B-](F)(F)F. The monoisotopic (exact) mass is 494 g/mol. The van der Waals surface area contributed by atoms with E-state index < -0.39 is 14.5 Å². The highest BCUT2D eigenvalue weighted by Crippen LogP contribution is 2.14. The second kappa shape index (κ2) is 15.1. The minimum absolute atomic E-state index is 0.0626. The number of quaternary nitrogens is 1. The fourth-order valence-corrected chi connectivity index (χ4v) is 2.79. The summed E-state index contributed by atoms with van der Waals surface area (Å²) < 4.78 is 89.2. The standard InChI is InChI=1S/C18H32N4O.2BF4/c1-4-6-9-20-10-11-21(17-20)18(3)23-15-14-22(12-7-5-2)13-8-19-16-22;2*2-1(3,4)5/h8,10-11,13,16-18H,4-7,9,12,14-15H2,1-3H3;;/q+2;2*-1. The van der Waals surface area contributed by atoms with E-state index in [1.807, 2.05) is 12.5 Å². The summed E-state index contributed by atoms with van der Waals surface area (Å²) >= 11 is 0. The van der Waals surface area contributed by atoms with Crippen LogP contribution in [0.4, 0.5) is 34.5 Å². The van der Waals surface area contributed by atoms with Gasteiger partial charge in [0.25, 0.3) is 0 Å². The van der Waals surface area contributed by atoms with Crippen LogP contribution in [0.25, 0.3) is 0 Å². The van der Waals surface area contributed by atoms with Crippen LogP contribution in [-0.2, 0) is 11.3 Å². The normalized spacial score (nSPS) is 18.4. The first-order valence-electron chi connectivity index (χ1n) is 10.7. The fraction of sp³-hybridized carbons (Fsp3) is 0.667. The van der Waals surface area contributed by atoms with Gasteiger partial charge in [0, 0.05) is 6.92 Å². The van der Waals surface area contributed by atoms with E-state index in [1.165, 1.54) is 25.7 Å². The third kappa shape index (κ3) is 18.2. The topological polar surface area (TPSA) is 30.4 Å². The minimum Gasteiger partial charge on any atom is -0.418 e. The Morgan fingerprint density at radius 1 is 0.970 bits per heavy atom. The molecule has 0 saturated heterocycles. The number of imidazole rings is 1. The van der Waals surface area contributed by atoms with Crippen molar-refractivity contribution in [2.45, 2.75) is 59.2 Å². The molecule has 0 radical (unpaired) electrons. The first-order valence-corrected chi connectivity index (χ1v) is 10.7. The third-order valence-corrected chi connectivity index (χ3v) is 4.44. The average molecular weight is 494 g/mol. The molecule has 2 rings (SSSR count). The third-order valence-electron chi connectivity index (χ3n) is 4.44. The number of nitrogens with zero attached hydrogens (tertiary/aromatic N) is 4. The van der Waals surface area contributed by atoms with Gasteiger partial charge in [-0.3, -0.25) is 4.48 Å². The maximum Gasteiger partial charge on any atom is 0.673 e. The maximum absolute atomic E-state index is 9.75. The molecule has 0 aliphatic carbocycles. The molecule has 0 amide bonds. The highest BCUT2D eigenvalue weighted by Gasteiger charge is 2.26. The Morgan fingerprint density at radius 2 is 1.55 bits per heavy atom. The van der Waals surface area contributed by atoms with E-state index in [9.17, 15) is 34.5 Å². The number of rotatable bonds is 11. The van der Waals surface area contributed by atoms with Gasteiger partial charge in [-0.05, 0) is 12.8 Å². The number of hydrogen-bond acceptors (Lipinski definition) is 2. The van der Waals surface area contributed by atoms with Crippen LogP contribution >= 0.6 is 0 Å². The van der Waals surface area contributed by atoms with Crippen molar-refractivity contribution in [3.8, 4) is 0 Å². The Hall–Kier alpha value is -1.89. The Balaban J connectivity index is 0.000000859. The Bertz CT molecular complexity index is 674. The lowest BCUT2D eigenvalue weighted by molar-refractivity contribution is -0.780. The average Bonchev–Trinajstić information content (AvgIpc) is 3.32. The van der Waals surface area contributed by atoms with E-state index in [0.29, 0.717) is 0 Å². The van der Waals surface area contributed by atoms with Gasteiger partial charge in [-0.25, -0.2) is 14.1 Å². The summed E-state index contributed by atoms with van der Waals surface area (Å²) in [7, 11) is -12.0.